The first-order valence-corrected chi connectivity index (χ1v) is 71.2. The highest BCUT2D eigenvalue weighted by atomic mass is 28.5. The minimum Gasteiger partial charge on any atom is -0.436 e. The van der Waals surface area contributed by atoms with Crippen LogP contribution in [-0.4, -0.2) is 260 Å². The molecular weight excluding hydrogens is 1670 g/mol. The molecule has 0 saturated carbocycles. The highest BCUT2D eigenvalue weighted by Crippen LogP contribution is 2.32. The van der Waals surface area contributed by atoms with Crippen LogP contribution in [0.3, 0.4) is 0 Å². The summed E-state index contributed by atoms with van der Waals surface area (Å²) in [5, 5.41) is 13.4. The van der Waals surface area contributed by atoms with E-state index in [1.54, 1.807) is 0 Å². The Kier molecular flexibility index (Phi) is 116. The number of nitrogens with two attached hydrogens (primary N) is 8. The lowest BCUT2D eigenvalue weighted by atomic mass is 10.5. The molecule has 0 saturated heterocycles. The molecule has 0 aliphatic heterocycles. The minimum absolute atomic E-state index is 0. The Morgan fingerprint density at radius 1 is 0.190 bits per heavy atom. The van der Waals surface area contributed by atoms with Gasteiger partial charge in [0.1, 0.15) is 0 Å². The first-order valence-electron chi connectivity index (χ1n) is 39.8. The van der Waals surface area contributed by atoms with Crippen LogP contribution in [-0.2, 0) is 68.3 Å². The van der Waals surface area contributed by atoms with Gasteiger partial charge in [0.2, 0.25) is 0 Å². The summed E-state index contributed by atoms with van der Waals surface area (Å²) in [5.41, 5.74) is 44.8. The second-order valence-electron chi connectivity index (χ2n) is 29.4. The quantitative estimate of drug-likeness (QED) is 0.0199. The predicted molar refractivity (Wildman–Crippen MR) is 545 cm³/mol. The normalized spacial score (nSPS) is 13.7. The van der Waals surface area contributed by atoms with Crippen molar-refractivity contribution >= 4 is 103 Å². The fourth-order valence-corrected chi connectivity index (χ4v) is 65.2. The molecule has 20 N–H and O–H groups in total. The van der Waals surface area contributed by atoms with E-state index in [0.717, 1.165) is 153 Å². The Labute approximate surface area is 739 Å². The van der Waals surface area contributed by atoms with Crippen LogP contribution in [0.15, 0.2) is 0 Å². The smallest absolute Gasteiger partial charge is 0.436 e. The van der Waals surface area contributed by atoms with Crippen molar-refractivity contribution in [1.82, 2.24) is 21.3 Å². The monoisotopic (exact) mass is 1890 g/mol. The van der Waals surface area contributed by atoms with Crippen molar-refractivity contribution in [2.24, 2.45) is 45.9 Å². The standard InChI is InChI=1S/C19H50N4O5Si3.C17H46N4O3Si3.C15H40N2O5Si3.C13H36N2O3Si3.12CH4/c1-7-24-30(6,18-10-14-22-16-12-20)27-29(4,5)28-31(25-8-2,26-9-3)19-11-15-23-17-13-21;1-7-22-27(6,17-9-13-21-15-11-19)24-26(4,5)23-25(2,3)16-8-12-20-14-10-18;1-7-18-24(6,14-10-12-16)21-23(4,5)22-25(19-8-2,20-9-3)15-11-13-17;1-7-16-21(6,13-9-11-15)18-20(4,5)17-19(2,3)12-8-10-14;;;;;;;;;;;;/h22-23H,7-21H2,1-6H3;20-21H,7-19H2,1-6H3;7-17H2,1-6H3;7-15H2,1-6H3;12*1H4. The Bertz CT molecular complexity index is 1990. The van der Waals surface area contributed by atoms with Gasteiger partial charge in [0.05, 0.1) is 0 Å². The minimum atomic E-state index is -2.86. The van der Waals surface area contributed by atoms with Crippen LogP contribution in [0.2, 0.25) is 153 Å². The summed E-state index contributed by atoms with van der Waals surface area (Å²) in [6, 6.07) is 7.34. The van der Waals surface area contributed by atoms with Gasteiger partial charge in [-0.2, -0.15) is 0 Å². The van der Waals surface area contributed by atoms with Crippen LogP contribution < -0.4 is 67.1 Å². The summed E-state index contributed by atoms with van der Waals surface area (Å²) in [6.07, 6.45) is 7.73. The van der Waals surface area contributed by atoms with Crippen LogP contribution in [0.1, 0.15) is 196 Å². The molecule has 4 atom stereocenters. The third-order valence-corrected chi connectivity index (χ3v) is 61.7. The maximum Gasteiger partial charge on any atom is 0.492 e. The van der Waals surface area contributed by atoms with Crippen LogP contribution >= 0.6 is 0 Å². The Morgan fingerprint density at radius 3 is 0.578 bits per heavy atom. The average Bonchev–Trinajstić information content (AvgIpc) is 0.826. The van der Waals surface area contributed by atoms with E-state index in [1.165, 1.54) is 0 Å². The zero-order valence-electron chi connectivity index (χ0n) is 71.4. The van der Waals surface area contributed by atoms with E-state index >= 15 is 0 Å². The van der Waals surface area contributed by atoms with Crippen molar-refractivity contribution in [1.29, 1.82) is 0 Å². The maximum absolute atomic E-state index is 6.69. The molecule has 0 aliphatic rings. The second-order valence-corrected chi connectivity index (χ2v) is 72.3. The van der Waals surface area contributed by atoms with E-state index in [-0.39, 0.29) is 89.1 Å². The molecule has 728 valence electrons. The van der Waals surface area contributed by atoms with Crippen LogP contribution in [0.5, 0.6) is 0 Å². The molecule has 4 unspecified atom stereocenters. The van der Waals surface area contributed by atoms with Gasteiger partial charge in [-0.05, 0) is 300 Å². The molecule has 40 heteroatoms. The first kappa shape index (κ1) is 155. The van der Waals surface area contributed by atoms with E-state index in [0.29, 0.717) is 105 Å². The lowest BCUT2D eigenvalue weighted by Crippen LogP contribution is -2.59. The molecule has 0 aromatic rings. The number of rotatable bonds is 68. The largest absolute Gasteiger partial charge is 0.492 e. The Morgan fingerprint density at radius 2 is 0.362 bits per heavy atom. The zero-order valence-corrected chi connectivity index (χ0v) is 83.4. The molecule has 116 heavy (non-hydrogen) atoms. The fraction of sp³-hybridized carbons (Fsp3) is 1.00. The van der Waals surface area contributed by atoms with Crippen molar-refractivity contribution in [3.63, 3.8) is 0 Å². The highest BCUT2D eigenvalue weighted by molar-refractivity contribution is 6.88. The van der Waals surface area contributed by atoms with Gasteiger partial charge in [0.15, 0.2) is 16.6 Å². The van der Waals surface area contributed by atoms with Gasteiger partial charge in [-0.25, -0.2) is 0 Å². The van der Waals surface area contributed by atoms with Crippen molar-refractivity contribution in [2.75, 3.05) is 158 Å². The molecule has 0 radical (unpaired) electrons. The molecular formula is C76H220N12O16Si12. The lowest BCUT2D eigenvalue weighted by molar-refractivity contribution is 0.100. The number of hydrogen-bond donors (Lipinski definition) is 12. The third kappa shape index (κ3) is 84.9. The lowest BCUT2D eigenvalue weighted by Gasteiger charge is -2.40. The van der Waals surface area contributed by atoms with Gasteiger partial charge >= 0.3 is 86.1 Å². The van der Waals surface area contributed by atoms with Gasteiger partial charge in [-0.3, -0.25) is 0 Å². The van der Waals surface area contributed by atoms with E-state index in [1.807, 2.05) is 68.5 Å². The van der Waals surface area contributed by atoms with E-state index < -0.39 is 103 Å². The summed E-state index contributed by atoms with van der Waals surface area (Å²) >= 11 is 0. The molecule has 0 aromatic heterocycles. The van der Waals surface area contributed by atoms with Gasteiger partial charge in [0.25, 0.3) is 0 Å². The fourth-order valence-electron chi connectivity index (χ4n) is 12.4. The van der Waals surface area contributed by atoms with Gasteiger partial charge in [0, 0.05) is 117 Å². The molecule has 0 rings (SSSR count). The average molecular weight is 1900 g/mol. The molecule has 0 fully saturated rings. The zero-order chi connectivity index (χ0) is 80.4. The molecule has 0 spiro atoms. The molecule has 28 nitrogen and oxygen atoms in total. The first-order chi connectivity index (χ1) is 48.6. The third-order valence-electron chi connectivity index (χ3n) is 15.5. The molecule has 0 heterocycles. The highest BCUT2D eigenvalue weighted by Gasteiger charge is 2.52. The summed E-state index contributed by atoms with van der Waals surface area (Å²) < 4.78 is 101. The van der Waals surface area contributed by atoms with Crippen molar-refractivity contribution in [3.05, 3.63) is 0 Å². The van der Waals surface area contributed by atoms with Gasteiger partial charge in [-0.1, -0.05) is 89.1 Å². The van der Waals surface area contributed by atoms with Gasteiger partial charge in [-0.15, -0.1) is 0 Å². The summed E-state index contributed by atoms with van der Waals surface area (Å²) in [5.74, 6) is 0. The topological polar surface area (TPSA) is 404 Å². The van der Waals surface area contributed by atoms with E-state index in [9.17, 15) is 0 Å². The van der Waals surface area contributed by atoms with Crippen LogP contribution in [0.25, 0.3) is 0 Å². The summed E-state index contributed by atoms with van der Waals surface area (Å²) in [7, 11) is -27.8. The molecule has 0 aliphatic carbocycles. The van der Waals surface area contributed by atoms with Gasteiger partial charge < -0.3 is 135 Å². The molecule has 0 aromatic carbocycles. The van der Waals surface area contributed by atoms with Crippen LogP contribution in [0, 0.1) is 0 Å². The SMILES string of the molecule is C.C.C.C.C.C.C.C.C.C.C.C.CCO[Si](C)(CCCN)O[Si](C)(C)O[Si](C)(C)CCCN.CCO[Si](C)(CCCN)O[Si](C)(C)O[Si](CCCN)(OCC)OCC.CCO[Si](C)(CCCNCCN)O[Si](C)(C)O[Si](C)(C)CCCNCCN.CCO[Si](C)(CCCNCCN)O[Si](C)(C)O[Si](CCCNCCN)(OCC)OCC. The second kappa shape index (κ2) is 87.2. The van der Waals surface area contributed by atoms with E-state index in [2.05, 4.69) is 113 Å². The number of hydrogen-bond acceptors (Lipinski definition) is 28. The summed E-state index contributed by atoms with van der Waals surface area (Å²) in [6.45, 7) is 67.7. The van der Waals surface area contributed by atoms with Crippen LogP contribution in [0.4, 0.5) is 0 Å². The Balaban J connectivity index is -0.0000000800. The maximum atomic E-state index is 6.69. The summed E-state index contributed by atoms with van der Waals surface area (Å²) in [4.78, 5) is 0. The number of nitrogens with one attached hydrogen (secondary N) is 4. The van der Waals surface area contributed by atoms with E-state index in [4.69, 9.17) is 114 Å². The predicted octanol–water partition coefficient (Wildman–Crippen LogP) is 16.5. The molecule has 0 amide bonds. The van der Waals surface area contributed by atoms with Crippen molar-refractivity contribution in [2.45, 2.75) is 349 Å². The van der Waals surface area contributed by atoms with Crippen molar-refractivity contribution < 1.29 is 68.3 Å². The Hall–Kier alpha value is 1.48. The van der Waals surface area contributed by atoms with Crippen molar-refractivity contribution in [3.8, 4) is 0 Å². The molecule has 0 bridgehead atoms.